The van der Waals surface area contributed by atoms with Crippen molar-refractivity contribution in [3.05, 3.63) is 35.6 Å². The van der Waals surface area contributed by atoms with E-state index in [2.05, 4.69) is 13.0 Å². The molecule has 3 unspecified atom stereocenters. The summed E-state index contributed by atoms with van der Waals surface area (Å²) in [5, 5.41) is 20.8. The highest BCUT2D eigenvalue weighted by atomic mass is 19.1. The minimum absolute atomic E-state index is 0.280. The zero-order valence-corrected chi connectivity index (χ0v) is 12.9. The summed E-state index contributed by atoms with van der Waals surface area (Å²) < 4.78 is 13.0. The van der Waals surface area contributed by atoms with Crippen LogP contribution < -0.4 is 0 Å². The zero-order chi connectivity index (χ0) is 15.5. The molecule has 1 aliphatic rings. The van der Waals surface area contributed by atoms with E-state index in [0.29, 0.717) is 12.3 Å². The minimum Gasteiger partial charge on any atom is -0.388 e. The van der Waals surface area contributed by atoms with Gasteiger partial charge in [-0.1, -0.05) is 38.3 Å². The van der Waals surface area contributed by atoms with Gasteiger partial charge in [0, 0.05) is 6.42 Å². The monoisotopic (exact) mass is 289 g/mol. The Labute approximate surface area is 126 Å². The normalized spacial score (nSPS) is 28.6. The Morgan fingerprint density at radius 3 is 2.67 bits per heavy atom. The lowest BCUT2D eigenvalue weighted by molar-refractivity contribution is -0.0673. The van der Waals surface area contributed by atoms with Crippen LogP contribution in [0.3, 0.4) is 0 Å². The highest BCUT2D eigenvalue weighted by Crippen LogP contribution is 2.48. The second-order valence-electron chi connectivity index (χ2n) is 6.64. The molecule has 1 aromatic carbocycles. The second-order valence-corrected chi connectivity index (χ2v) is 6.64. The van der Waals surface area contributed by atoms with Crippen molar-refractivity contribution in [3.63, 3.8) is 0 Å². The number of nitrogens with zero attached hydrogens (tertiary/aromatic N) is 1. The van der Waals surface area contributed by atoms with Crippen molar-refractivity contribution in [1.82, 2.24) is 0 Å². The fraction of sp³-hybridized carbons (Fsp3) is 0.611. The van der Waals surface area contributed by atoms with Crippen molar-refractivity contribution in [2.45, 2.75) is 58.0 Å². The lowest BCUT2D eigenvalue weighted by Crippen LogP contribution is -2.49. The van der Waals surface area contributed by atoms with Crippen molar-refractivity contribution >= 4 is 0 Å². The number of hydrogen-bond acceptors (Lipinski definition) is 2. The Morgan fingerprint density at radius 1 is 1.43 bits per heavy atom. The molecule has 1 aliphatic carbocycles. The molecule has 3 heteroatoms. The van der Waals surface area contributed by atoms with Gasteiger partial charge in [0.05, 0.1) is 17.1 Å². The van der Waals surface area contributed by atoms with Gasteiger partial charge in [0.1, 0.15) is 5.82 Å². The number of halogens is 1. The van der Waals surface area contributed by atoms with E-state index in [1.165, 1.54) is 12.1 Å². The van der Waals surface area contributed by atoms with E-state index in [-0.39, 0.29) is 5.82 Å². The molecule has 0 radical (unpaired) electrons. The Kier molecular flexibility index (Phi) is 4.68. The lowest BCUT2D eigenvalue weighted by atomic mass is 9.60. The molecule has 3 atom stereocenters. The van der Waals surface area contributed by atoms with Crippen LogP contribution in [0.1, 0.15) is 51.5 Å². The van der Waals surface area contributed by atoms with E-state index < -0.39 is 11.0 Å². The van der Waals surface area contributed by atoms with Crippen LogP contribution in [-0.4, -0.2) is 10.7 Å². The Hall–Kier alpha value is -1.40. The van der Waals surface area contributed by atoms with E-state index >= 15 is 0 Å². The van der Waals surface area contributed by atoms with Gasteiger partial charge in [0.2, 0.25) is 0 Å². The molecule has 1 fully saturated rings. The van der Waals surface area contributed by atoms with Crippen molar-refractivity contribution < 1.29 is 9.50 Å². The molecule has 1 saturated carbocycles. The van der Waals surface area contributed by atoms with Gasteiger partial charge in [-0.3, -0.25) is 0 Å². The lowest BCUT2D eigenvalue weighted by Gasteiger charge is -2.45. The summed E-state index contributed by atoms with van der Waals surface area (Å²) in [6.45, 7) is 3.91. The van der Waals surface area contributed by atoms with E-state index in [1.807, 2.05) is 0 Å². The van der Waals surface area contributed by atoms with Gasteiger partial charge in [0.25, 0.3) is 0 Å². The van der Waals surface area contributed by atoms with Crippen LogP contribution in [-0.2, 0) is 6.42 Å². The summed E-state index contributed by atoms with van der Waals surface area (Å²) in [5.74, 6) is 0.232. The number of nitriles is 1. The molecule has 0 heterocycles. The first kappa shape index (κ1) is 16.0. The predicted molar refractivity (Wildman–Crippen MR) is 81.0 cm³/mol. The maximum Gasteiger partial charge on any atom is 0.123 e. The summed E-state index contributed by atoms with van der Waals surface area (Å²) in [6, 6.07) is 8.61. The molecule has 21 heavy (non-hydrogen) atoms. The largest absolute Gasteiger partial charge is 0.388 e. The fourth-order valence-electron chi connectivity index (χ4n) is 3.62. The van der Waals surface area contributed by atoms with Crippen molar-refractivity contribution in [1.29, 1.82) is 5.26 Å². The smallest absolute Gasteiger partial charge is 0.123 e. The average molecular weight is 289 g/mol. The Morgan fingerprint density at radius 2 is 2.10 bits per heavy atom. The maximum absolute atomic E-state index is 13.0. The van der Waals surface area contributed by atoms with E-state index in [9.17, 15) is 14.8 Å². The number of rotatable bonds is 4. The third-order valence-corrected chi connectivity index (χ3v) is 5.14. The minimum atomic E-state index is -1.09. The molecule has 0 bridgehead atoms. The first-order valence-corrected chi connectivity index (χ1v) is 7.80. The molecule has 0 saturated heterocycles. The third-order valence-electron chi connectivity index (χ3n) is 5.14. The van der Waals surface area contributed by atoms with Gasteiger partial charge in [-0.25, -0.2) is 4.39 Å². The van der Waals surface area contributed by atoms with Gasteiger partial charge in [-0.2, -0.15) is 5.26 Å². The Balaban J connectivity index is 2.22. The van der Waals surface area contributed by atoms with E-state index in [1.54, 1.807) is 19.1 Å². The van der Waals surface area contributed by atoms with Crippen molar-refractivity contribution in [3.8, 4) is 6.07 Å². The molecule has 114 valence electrons. The van der Waals surface area contributed by atoms with Gasteiger partial charge in [-0.15, -0.1) is 0 Å². The van der Waals surface area contributed by atoms with Crippen LogP contribution in [0, 0.1) is 28.5 Å². The maximum atomic E-state index is 13.0. The molecule has 1 N–H and O–H groups in total. The third kappa shape index (κ3) is 3.27. The fourth-order valence-corrected chi connectivity index (χ4v) is 3.62. The molecule has 2 rings (SSSR count). The van der Waals surface area contributed by atoms with Gasteiger partial charge >= 0.3 is 0 Å². The summed E-state index contributed by atoms with van der Waals surface area (Å²) in [4.78, 5) is 0. The summed E-state index contributed by atoms with van der Waals surface area (Å²) in [6.07, 6.45) is 5.08. The number of benzene rings is 1. The van der Waals surface area contributed by atoms with Gasteiger partial charge in [0.15, 0.2) is 0 Å². The number of hydrogen-bond donors (Lipinski definition) is 1. The van der Waals surface area contributed by atoms with Crippen LogP contribution in [0.2, 0.25) is 0 Å². The molecule has 0 aromatic heterocycles. The molecular formula is C18H24FNO. The van der Waals surface area contributed by atoms with Crippen LogP contribution in [0.25, 0.3) is 0 Å². The first-order valence-electron chi connectivity index (χ1n) is 7.80. The quantitative estimate of drug-likeness (QED) is 0.901. The van der Waals surface area contributed by atoms with E-state index in [4.69, 9.17) is 0 Å². The molecule has 0 spiro atoms. The van der Waals surface area contributed by atoms with Crippen LogP contribution in [0.15, 0.2) is 24.3 Å². The zero-order valence-electron chi connectivity index (χ0n) is 12.9. The summed E-state index contributed by atoms with van der Waals surface area (Å²) >= 11 is 0. The second kappa shape index (κ2) is 6.15. The average Bonchev–Trinajstić information content (AvgIpc) is 2.49. The van der Waals surface area contributed by atoms with E-state index in [0.717, 1.165) is 37.7 Å². The molecular weight excluding hydrogens is 265 g/mol. The highest BCUT2D eigenvalue weighted by Gasteiger charge is 2.49. The van der Waals surface area contributed by atoms with Crippen LogP contribution in [0.4, 0.5) is 4.39 Å². The molecule has 2 nitrogen and oxygen atoms in total. The SMILES string of the molecule is CCC1CCCC(C#N)(C(C)(O)Cc2ccc(F)cc2)C1. The van der Waals surface area contributed by atoms with Gasteiger partial charge < -0.3 is 5.11 Å². The summed E-state index contributed by atoms with van der Waals surface area (Å²) in [5.41, 5.74) is -0.914. The van der Waals surface area contributed by atoms with Crippen LogP contribution >= 0.6 is 0 Å². The summed E-state index contributed by atoms with van der Waals surface area (Å²) in [7, 11) is 0. The van der Waals surface area contributed by atoms with Crippen LogP contribution in [0.5, 0.6) is 0 Å². The molecule has 1 aromatic rings. The standard InChI is InChI=1S/C18H24FNO/c1-3-14-5-4-10-18(12-14,13-20)17(2,21)11-15-6-8-16(19)9-7-15/h6-9,14,21H,3-5,10-12H2,1-2H3. The van der Waals surface area contributed by atoms with Crippen molar-refractivity contribution in [2.24, 2.45) is 11.3 Å². The predicted octanol–water partition coefficient (Wildman–Crippen LogP) is 4.23. The van der Waals surface area contributed by atoms with Gasteiger partial charge in [-0.05, 0) is 43.4 Å². The first-order chi connectivity index (χ1) is 9.92. The van der Waals surface area contributed by atoms with Crippen molar-refractivity contribution in [2.75, 3.05) is 0 Å². The topological polar surface area (TPSA) is 44.0 Å². The highest BCUT2D eigenvalue weighted by molar-refractivity contribution is 5.22. The molecule has 0 amide bonds. The molecule has 0 aliphatic heterocycles. The number of aliphatic hydroxyl groups is 1. The Bertz CT molecular complexity index is 517.